The van der Waals surface area contributed by atoms with Gasteiger partial charge in [-0.25, -0.2) is 0 Å². The highest BCUT2D eigenvalue weighted by Gasteiger charge is 2.20. The van der Waals surface area contributed by atoms with Gasteiger partial charge in [-0.3, -0.25) is 0 Å². The summed E-state index contributed by atoms with van der Waals surface area (Å²) in [6.45, 7) is 4.16. The van der Waals surface area contributed by atoms with Crippen LogP contribution < -0.4 is 10.6 Å². The maximum atomic E-state index is 5.95. The first kappa shape index (κ1) is 11.0. The third kappa shape index (κ3) is 2.23. The third-order valence-corrected chi connectivity index (χ3v) is 2.37. The Morgan fingerprint density at radius 3 is 2.57 bits per heavy atom. The van der Waals surface area contributed by atoms with E-state index in [1.54, 1.807) is 4.90 Å². The van der Waals surface area contributed by atoms with E-state index in [1.165, 1.54) is 0 Å². The minimum Gasteiger partial charge on any atom is -0.344 e. The van der Waals surface area contributed by atoms with Crippen molar-refractivity contribution in [3.8, 4) is 0 Å². The molecule has 1 rings (SSSR count). The molecule has 0 spiro atoms. The molecule has 80 valence electrons. The number of nitrogens with two attached hydrogens (primary N) is 1. The van der Waals surface area contributed by atoms with Crippen LogP contribution in [-0.4, -0.2) is 24.2 Å². The Kier molecular flexibility index (Phi) is 3.46. The van der Waals surface area contributed by atoms with Gasteiger partial charge in [-0.15, -0.1) is 0 Å². The van der Waals surface area contributed by atoms with Crippen LogP contribution in [0.25, 0.3) is 0 Å². The molecule has 0 amide bonds. The summed E-state index contributed by atoms with van der Waals surface area (Å²) < 4.78 is 5.08. The lowest BCUT2D eigenvalue weighted by Gasteiger charge is -2.13. The van der Waals surface area contributed by atoms with Crippen LogP contribution in [0.15, 0.2) is 4.52 Å². The predicted molar refractivity (Wildman–Crippen MR) is 55.0 cm³/mol. The smallest absolute Gasteiger partial charge is 0.265 e. The molecule has 2 atom stereocenters. The molecule has 0 saturated carbocycles. The summed E-state index contributed by atoms with van der Waals surface area (Å²) in [5.74, 6) is 1.44. The normalized spacial score (nSPS) is 15.2. The van der Waals surface area contributed by atoms with Gasteiger partial charge in [-0.1, -0.05) is 20.3 Å². The molecule has 5 nitrogen and oxygen atoms in total. The molecule has 0 fully saturated rings. The van der Waals surface area contributed by atoms with Gasteiger partial charge >= 0.3 is 0 Å². The summed E-state index contributed by atoms with van der Waals surface area (Å²) in [7, 11) is 3.73. The fourth-order valence-electron chi connectivity index (χ4n) is 1.04. The van der Waals surface area contributed by atoms with Crippen LogP contribution in [0, 0.1) is 5.92 Å². The second-order valence-corrected chi connectivity index (χ2v) is 3.74. The summed E-state index contributed by atoms with van der Waals surface area (Å²) in [5, 5.41) is 3.81. The molecule has 0 saturated heterocycles. The van der Waals surface area contributed by atoms with Gasteiger partial charge in [0.15, 0.2) is 0 Å². The van der Waals surface area contributed by atoms with Gasteiger partial charge in [-0.2, -0.15) is 4.98 Å². The number of nitrogens with zero attached hydrogens (tertiary/aromatic N) is 3. The fourth-order valence-corrected chi connectivity index (χ4v) is 1.04. The van der Waals surface area contributed by atoms with Crippen LogP contribution in [-0.2, 0) is 0 Å². The van der Waals surface area contributed by atoms with E-state index in [-0.39, 0.29) is 6.04 Å². The maximum absolute atomic E-state index is 5.95. The lowest BCUT2D eigenvalue weighted by molar-refractivity contribution is 0.312. The SMILES string of the molecule is CC[C@H](C)[C@H](N)c1nc(N(C)C)no1. The summed E-state index contributed by atoms with van der Waals surface area (Å²) in [4.78, 5) is 5.99. The van der Waals surface area contributed by atoms with Crippen molar-refractivity contribution in [1.29, 1.82) is 0 Å². The number of hydrogen-bond donors (Lipinski definition) is 1. The highest BCUT2D eigenvalue weighted by atomic mass is 16.5. The number of hydrogen-bond acceptors (Lipinski definition) is 5. The van der Waals surface area contributed by atoms with Crippen LogP contribution >= 0.6 is 0 Å². The molecular formula is C9H18N4O. The zero-order valence-electron chi connectivity index (χ0n) is 9.19. The van der Waals surface area contributed by atoms with Crippen LogP contribution in [0.2, 0.25) is 0 Å². The average Bonchev–Trinajstić information content (AvgIpc) is 2.64. The number of anilines is 1. The van der Waals surface area contributed by atoms with Crippen molar-refractivity contribution in [3.63, 3.8) is 0 Å². The molecule has 0 aliphatic carbocycles. The Hall–Kier alpha value is -1.10. The molecule has 1 aromatic heterocycles. The molecule has 2 N–H and O–H groups in total. The molecule has 14 heavy (non-hydrogen) atoms. The van der Waals surface area contributed by atoms with Crippen molar-refractivity contribution in [2.75, 3.05) is 19.0 Å². The van der Waals surface area contributed by atoms with E-state index >= 15 is 0 Å². The molecular weight excluding hydrogens is 180 g/mol. The molecule has 0 radical (unpaired) electrons. The molecule has 0 aliphatic heterocycles. The Morgan fingerprint density at radius 1 is 1.50 bits per heavy atom. The molecule has 1 heterocycles. The van der Waals surface area contributed by atoms with Gasteiger partial charge in [0, 0.05) is 14.1 Å². The zero-order chi connectivity index (χ0) is 10.7. The minimum absolute atomic E-state index is 0.166. The highest BCUT2D eigenvalue weighted by molar-refractivity contribution is 5.24. The fraction of sp³-hybridized carbons (Fsp3) is 0.778. The van der Waals surface area contributed by atoms with E-state index < -0.39 is 0 Å². The lowest BCUT2D eigenvalue weighted by atomic mass is 10.0. The van der Waals surface area contributed by atoms with Crippen molar-refractivity contribution in [2.45, 2.75) is 26.3 Å². The van der Waals surface area contributed by atoms with E-state index in [4.69, 9.17) is 10.3 Å². The topological polar surface area (TPSA) is 68.2 Å². The maximum Gasteiger partial charge on any atom is 0.265 e. The average molecular weight is 198 g/mol. The van der Waals surface area contributed by atoms with Crippen molar-refractivity contribution < 1.29 is 4.52 Å². The van der Waals surface area contributed by atoms with E-state index in [9.17, 15) is 0 Å². The Balaban J connectivity index is 2.76. The molecule has 0 bridgehead atoms. The highest BCUT2D eigenvalue weighted by Crippen LogP contribution is 2.21. The van der Waals surface area contributed by atoms with E-state index in [1.807, 2.05) is 14.1 Å². The molecule has 5 heteroatoms. The Bertz CT molecular complexity index is 284. The second kappa shape index (κ2) is 4.41. The second-order valence-electron chi connectivity index (χ2n) is 3.74. The zero-order valence-corrected chi connectivity index (χ0v) is 9.19. The summed E-state index contributed by atoms with van der Waals surface area (Å²) >= 11 is 0. The van der Waals surface area contributed by atoms with E-state index in [2.05, 4.69) is 24.0 Å². The Labute approximate surface area is 84.3 Å². The first-order chi connectivity index (χ1) is 6.56. The molecule has 0 aliphatic rings. The van der Waals surface area contributed by atoms with Gasteiger partial charge in [0.25, 0.3) is 5.95 Å². The minimum atomic E-state index is -0.166. The molecule has 0 aromatic carbocycles. The van der Waals surface area contributed by atoms with Crippen LogP contribution in [0.4, 0.5) is 5.95 Å². The summed E-state index contributed by atoms with van der Waals surface area (Å²) in [6.07, 6.45) is 1.00. The summed E-state index contributed by atoms with van der Waals surface area (Å²) in [6, 6.07) is -0.166. The predicted octanol–water partition coefficient (Wildman–Crippen LogP) is 1.18. The van der Waals surface area contributed by atoms with Gasteiger partial charge in [-0.05, 0) is 11.1 Å². The standard InChI is InChI=1S/C9H18N4O/c1-5-6(2)7(10)8-11-9(12-14-8)13(3)4/h6-7H,5,10H2,1-4H3/t6-,7-/m0/s1. The van der Waals surface area contributed by atoms with Crippen LogP contribution in [0.1, 0.15) is 32.2 Å². The summed E-state index contributed by atoms with van der Waals surface area (Å²) in [5.41, 5.74) is 5.95. The monoisotopic (exact) mass is 198 g/mol. The third-order valence-electron chi connectivity index (χ3n) is 2.37. The number of aromatic nitrogens is 2. The van der Waals surface area contributed by atoms with Crippen molar-refractivity contribution >= 4 is 5.95 Å². The van der Waals surface area contributed by atoms with Gasteiger partial charge < -0.3 is 15.2 Å². The molecule has 1 aromatic rings. The van der Waals surface area contributed by atoms with E-state index in [0.29, 0.717) is 17.8 Å². The quantitative estimate of drug-likeness (QED) is 0.786. The van der Waals surface area contributed by atoms with Crippen molar-refractivity contribution in [3.05, 3.63) is 5.89 Å². The van der Waals surface area contributed by atoms with E-state index in [0.717, 1.165) is 6.42 Å². The van der Waals surface area contributed by atoms with Crippen molar-refractivity contribution in [2.24, 2.45) is 11.7 Å². The first-order valence-electron chi connectivity index (χ1n) is 4.82. The largest absolute Gasteiger partial charge is 0.344 e. The van der Waals surface area contributed by atoms with Gasteiger partial charge in [0.2, 0.25) is 5.89 Å². The van der Waals surface area contributed by atoms with Crippen LogP contribution in [0.5, 0.6) is 0 Å². The molecule has 0 unspecified atom stereocenters. The van der Waals surface area contributed by atoms with Crippen LogP contribution in [0.3, 0.4) is 0 Å². The van der Waals surface area contributed by atoms with Gasteiger partial charge in [0.05, 0.1) is 6.04 Å². The van der Waals surface area contributed by atoms with Gasteiger partial charge in [0.1, 0.15) is 0 Å². The number of rotatable bonds is 4. The van der Waals surface area contributed by atoms with Crippen molar-refractivity contribution in [1.82, 2.24) is 10.1 Å². The lowest BCUT2D eigenvalue weighted by Crippen LogP contribution is -2.19. The first-order valence-corrected chi connectivity index (χ1v) is 4.82. The Morgan fingerprint density at radius 2 is 2.14 bits per heavy atom.